The first-order valence-electron chi connectivity index (χ1n) is 4.23. The molecule has 0 unspecified atom stereocenters. The Labute approximate surface area is 91.3 Å². The summed E-state index contributed by atoms with van der Waals surface area (Å²) in [6, 6.07) is 2.07. The normalized spacial score (nSPS) is 11.6. The van der Waals surface area contributed by atoms with E-state index in [2.05, 4.69) is 27.4 Å². The molecule has 0 aliphatic heterocycles. The van der Waals surface area contributed by atoms with Crippen LogP contribution >= 0.6 is 27.3 Å². The molecule has 0 amide bonds. The van der Waals surface area contributed by atoms with Crippen LogP contribution in [0.1, 0.15) is 25.8 Å². The molecule has 3 heteroatoms. The number of Topliss-reactive ketones (excluding diaryl/α,β-unsaturated/α-hetero) is 1. The molecule has 1 nitrogen and oxygen atoms in total. The van der Waals surface area contributed by atoms with Gasteiger partial charge in [0.2, 0.25) is 0 Å². The van der Waals surface area contributed by atoms with Crippen LogP contribution < -0.4 is 0 Å². The van der Waals surface area contributed by atoms with Crippen LogP contribution in [-0.4, -0.2) is 10.1 Å². The van der Waals surface area contributed by atoms with Crippen LogP contribution in [-0.2, 0) is 11.2 Å². The van der Waals surface area contributed by atoms with Crippen molar-refractivity contribution in [3.8, 4) is 0 Å². The van der Waals surface area contributed by atoms with Crippen molar-refractivity contribution in [2.75, 3.05) is 0 Å². The predicted octanol–water partition coefficient (Wildman–Crippen LogP) is 3.42. The van der Waals surface area contributed by atoms with E-state index in [0.717, 1.165) is 6.42 Å². The highest BCUT2D eigenvalue weighted by atomic mass is 79.9. The number of thiophene rings is 1. The number of carbonyl (C=O) groups excluding carboxylic acids is 1. The van der Waals surface area contributed by atoms with E-state index in [1.807, 2.05) is 19.2 Å². The van der Waals surface area contributed by atoms with Crippen LogP contribution in [0.4, 0.5) is 0 Å². The molecule has 0 saturated heterocycles. The molecule has 0 aromatic carbocycles. The summed E-state index contributed by atoms with van der Waals surface area (Å²) in [6.45, 7) is 3.78. The molecule has 0 aliphatic carbocycles. The lowest BCUT2D eigenvalue weighted by molar-refractivity contribution is -0.120. The Hall–Kier alpha value is -0.150. The van der Waals surface area contributed by atoms with Gasteiger partial charge in [0.25, 0.3) is 0 Å². The molecule has 0 bridgehead atoms. The Kier molecular flexibility index (Phi) is 3.68. The number of rotatable bonds is 4. The van der Waals surface area contributed by atoms with Crippen molar-refractivity contribution < 1.29 is 4.79 Å². The van der Waals surface area contributed by atoms with Gasteiger partial charge in [-0.05, 0) is 42.7 Å². The molecule has 1 aromatic heterocycles. The van der Waals surface area contributed by atoms with E-state index < -0.39 is 0 Å². The second-order valence-electron chi connectivity index (χ2n) is 3.53. The molecule has 72 valence electrons. The molecule has 0 aliphatic rings. The molecule has 1 heterocycles. The van der Waals surface area contributed by atoms with E-state index in [4.69, 9.17) is 0 Å². The van der Waals surface area contributed by atoms with Gasteiger partial charge in [-0.2, -0.15) is 11.3 Å². The fraction of sp³-hybridized carbons (Fsp3) is 0.500. The van der Waals surface area contributed by atoms with Gasteiger partial charge < -0.3 is 0 Å². The second kappa shape index (κ2) is 4.38. The lowest BCUT2D eigenvalue weighted by Gasteiger charge is -2.13. The third-order valence-electron chi connectivity index (χ3n) is 1.88. The van der Waals surface area contributed by atoms with Gasteiger partial charge in [0, 0.05) is 6.42 Å². The lowest BCUT2D eigenvalue weighted by Crippen LogP contribution is -2.24. The van der Waals surface area contributed by atoms with Gasteiger partial charge in [0.1, 0.15) is 5.78 Å². The lowest BCUT2D eigenvalue weighted by atomic mass is 10.0. The number of halogens is 1. The summed E-state index contributed by atoms with van der Waals surface area (Å²) in [7, 11) is 0. The summed E-state index contributed by atoms with van der Waals surface area (Å²) < 4.78 is -0.372. The third-order valence-corrected chi connectivity index (χ3v) is 3.06. The smallest absolute Gasteiger partial charge is 0.149 e. The summed E-state index contributed by atoms with van der Waals surface area (Å²) in [5, 5.41) is 4.13. The molecular weight excluding hydrogens is 248 g/mol. The fourth-order valence-corrected chi connectivity index (χ4v) is 1.89. The third kappa shape index (κ3) is 3.61. The molecule has 0 N–H and O–H groups in total. The van der Waals surface area contributed by atoms with E-state index in [1.54, 1.807) is 11.3 Å². The fourth-order valence-electron chi connectivity index (χ4n) is 0.990. The van der Waals surface area contributed by atoms with E-state index in [9.17, 15) is 4.79 Å². The van der Waals surface area contributed by atoms with Crippen LogP contribution in [0.2, 0.25) is 0 Å². The summed E-state index contributed by atoms with van der Waals surface area (Å²) in [5.74, 6) is 0.263. The van der Waals surface area contributed by atoms with Gasteiger partial charge in [0.15, 0.2) is 0 Å². The van der Waals surface area contributed by atoms with Crippen molar-refractivity contribution in [3.05, 3.63) is 22.4 Å². The van der Waals surface area contributed by atoms with Gasteiger partial charge in [-0.1, -0.05) is 15.9 Å². The maximum atomic E-state index is 11.5. The van der Waals surface area contributed by atoms with Gasteiger partial charge >= 0.3 is 0 Å². The van der Waals surface area contributed by atoms with Crippen LogP contribution in [0, 0.1) is 0 Å². The number of alkyl halides is 1. The van der Waals surface area contributed by atoms with Crippen molar-refractivity contribution in [1.82, 2.24) is 0 Å². The van der Waals surface area contributed by atoms with Crippen LogP contribution in [0.3, 0.4) is 0 Å². The van der Waals surface area contributed by atoms with Crippen molar-refractivity contribution in [2.24, 2.45) is 0 Å². The Balaban J connectivity index is 2.40. The number of carbonyl (C=O) groups is 1. The Morgan fingerprint density at radius 3 is 2.77 bits per heavy atom. The monoisotopic (exact) mass is 260 g/mol. The first-order valence-corrected chi connectivity index (χ1v) is 5.97. The second-order valence-corrected chi connectivity index (χ2v) is 6.29. The molecule has 0 spiro atoms. The van der Waals surface area contributed by atoms with Crippen LogP contribution in [0.25, 0.3) is 0 Å². The summed E-state index contributed by atoms with van der Waals surface area (Å²) in [6.07, 6.45) is 1.48. The molecule has 0 radical (unpaired) electrons. The average molecular weight is 261 g/mol. The average Bonchev–Trinajstić information content (AvgIpc) is 2.50. The van der Waals surface area contributed by atoms with E-state index in [1.165, 1.54) is 5.56 Å². The summed E-state index contributed by atoms with van der Waals surface area (Å²) in [5.41, 5.74) is 1.26. The largest absolute Gasteiger partial charge is 0.298 e. The highest BCUT2D eigenvalue weighted by Gasteiger charge is 2.22. The molecule has 13 heavy (non-hydrogen) atoms. The van der Waals surface area contributed by atoms with Gasteiger partial charge in [0.05, 0.1) is 4.32 Å². The highest BCUT2D eigenvalue weighted by molar-refractivity contribution is 9.10. The molecule has 0 atom stereocenters. The van der Waals surface area contributed by atoms with E-state index >= 15 is 0 Å². The van der Waals surface area contributed by atoms with Crippen molar-refractivity contribution >= 4 is 33.0 Å². The van der Waals surface area contributed by atoms with Crippen molar-refractivity contribution in [2.45, 2.75) is 31.0 Å². The van der Waals surface area contributed by atoms with Crippen LogP contribution in [0.15, 0.2) is 16.8 Å². The topological polar surface area (TPSA) is 17.1 Å². The number of hydrogen-bond donors (Lipinski definition) is 0. The van der Waals surface area contributed by atoms with E-state index in [0.29, 0.717) is 6.42 Å². The van der Waals surface area contributed by atoms with Gasteiger partial charge in [-0.25, -0.2) is 0 Å². The zero-order chi connectivity index (χ0) is 9.90. The standard InChI is InChI=1S/C10H13BrOS/c1-10(2,11)9(12)4-3-8-5-6-13-7-8/h5-7H,3-4H2,1-2H3. The zero-order valence-corrected chi connectivity index (χ0v) is 10.2. The SMILES string of the molecule is CC(C)(Br)C(=O)CCc1ccsc1. The maximum Gasteiger partial charge on any atom is 0.149 e. The molecule has 1 rings (SSSR count). The Bertz CT molecular complexity index is 272. The van der Waals surface area contributed by atoms with E-state index in [-0.39, 0.29) is 10.1 Å². The summed E-state index contributed by atoms with van der Waals surface area (Å²) in [4.78, 5) is 11.5. The molecular formula is C10H13BrOS. The first-order chi connectivity index (χ1) is 6.00. The van der Waals surface area contributed by atoms with Gasteiger partial charge in [-0.3, -0.25) is 4.79 Å². The molecule has 0 fully saturated rings. The first kappa shape index (κ1) is 10.9. The van der Waals surface area contributed by atoms with Crippen molar-refractivity contribution in [1.29, 1.82) is 0 Å². The minimum absolute atomic E-state index is 0.263. The van der Waals surface area contributed by atoms with Gasteiger partial charge in [-0.15, -0.1) is 0 Å². The maximum absolute atomic E-state index is 11.5. The van der Waals surface area contributed by atoms with Crippen LogP contribution in [0.5, 0.6) is 0 Å². The molecule has 1 aromatic rings. The highest BCUT2D eigenvalue weighted by Crippen LogP contribution is 2.20. The zero-order valence-electron chi connectivity index (χ0n) is 7.84. The quantitative estimate of drug-likeness (QED) is 0.759. The predicted molar refractivity (Wildman–Crippen MR) is 60.7 cm³/mol. The number of hydrogen-bond acceptors (Lipinski definition) is 2. The Morgan fingerprint density at radius 2 is 2.31 bits per heavy atom. The van der Waals surface area contributed by atoms with Crippen molar-refractivity contribution in [3.63, 3.8) is 0 Å². The number of aryl methyl sites for hydroxylation is 1. The molecule has 0 saturated carbocycles. The number of ketones is 1. The summed E-state index contributed by atoms with van der Waals surface area (Å²) >= 11 is 5.04. The Morgan fingerprint density at radius 1 is 1.62 bits per heavy atom. The minimum atomic E-state index is -0.372. The minimum Gasteiger partial charge on any atom is -0.298 e.